The number of sulfonamides is 1. The van der Waals surface area contributed by atoms with Crippen LogP contribution in [0.5, 0.6) is 0 Å². The van der Waals surface area contributed by atoms with E-state index < -0.39 is 22.2 Å². The largest absolute Gasteiger partial charge is 0.376 e. The molecule has 2 atom stereocenters. The molecular weight excluding hydrogens is 548 g/mol. The van der Waals surface area contributed by atoms with Crippen molar-refractivity contribution >= 4 is 33.2 Å². The van der Waals surface area contributed by atoms with E-state index in [0.717, 1.165) is 28.9 Å². The summed E-state index contributed by atoms with van der Waals surface area (Å²) in [5, 5.41) is 0.352. The zero-order valence-corrected chi connectivity index (χ0v) is 23.9. The predicted octanol–water partition coefficient (Wildman–Crippen LogP) is 5.35. The van der Waals surface area contributed by atoms with Gasteiger partial charge in [-0.1, -0.05) is 54.1 Å². The summed E-state index contributed by atoms with van der Waals surface area (Å²) in [4.78, 5) is 20.1. The molecule has 10 heteroatoms. The molecule has 0 spiro atoms. The van der Waals surface area contributed by atoms with Crippen LogP contribution in [0.4, 0.5) is 5.69 Å². The van der Waals surface area contributed by atoms with E-state index in [1.54, 1.807) is 30.3 Å². The quantitative estimate of drug-likeness (QED) is 0.274. The molecule has 8 nitrogen and oxygen atoms in total. The molecule has 1 aromatic heterocycles. The molecule has 1 N–H and O–H groups in total. The maximum atomic E-state index is 13.8. The van der Waals surface area contributed by atoms with Gasteiger partial charge in [0.1, 0.15) is 5.82 Å². The lowest BCUT2D eigenvalue weighted by Crippen LogP contribution is -2.33. The van der Waals surface area contributed by atoms with Crippen molar-refractivity contribution in [3.8, 4) is 0 Å². The second-order valence-corrected chi connectivity index (χ2v) is 12.0. The standard InChI is InChI=1S/C30H31ClN4O4S/c1-34-16-15-32-29(34)20-35(30(36)19-28(39-2)22-7-4-3-5-8-22)24-13-11-21-12-14-27(26(21)18-24)33-40(37,38)25-10-6-9-23(31)17-25/h3-11,13,15-18,27-28,33H,12,14,19-20H2,1-2H3. The smallest absolute Gasteiger partial charge is 0.241 e. The fourth-order valence-electron chi connectivity index (χ4n) is 5.06. The summed E-state index contributed by atoms with van der Waals surface area (Å²) in [7, 11) is -0.317. The number of methoxy groups -OCH3 is 1. The van der Waals surface area contributed by atoms with Crippen LogP contribution in [0.15, 0.2) is 90.1 Å². The van der Waals surface area contributed by atoms with Crippen molar-refractivity contribution in [2.24, 2.45) is 7.05 Å². The topological polar surface area (TPSA) is 93.5 Å². The van der Waals surface area contributed by atoms with Crippen LogP contribution in [0.3, 0.4) is 0 Å². The van der Waals surface area contributed by atoms with E-state index >= 15 is 0 Å². The van der Waals surface area contributed by atoms with Gasteiger partial charge in [0.25, 0.3) is 0 Å². The molecule has 4 aromatic rings. The highest BCUT2D eigenvalue weighted by Gasteiger charge is 2.30. The van der Waals surface area contributed by atoms with Gasteiger partial charge in [-0.15, -0.1) is 0 Å². The molecule has 0 saturated carbocycles. The molecule has 208 valence electrons. The molecule has 1 aliphatic rings. The Kier molecular flexibility index (Phi) is 8.37. The Morgan fingerprint density at radius 1 is 1.15 bits per heavy atom. The monoisotopic (exact) mass is 578 g/mol. The van der Waals surface area contributed by atoms with Crippen molar-refractivity contribution in [1.29, 1.82) is 0 Å². The van der Waals surface area contributed by atoms with Gasteiger partial charge in [-0.3, -0.25) is 4.79 Å². The minimum atomic E-state index is -3.80. The molecule has 2 unspecified atom stereocenters. The van der Waals surface area contributed by atoms with Crippen LogP contribution < -0.4 is 9.62 Å². The summed E-state index contributed by atoms with van der Waals surface area (Å²) in [5.41, 5.74) is 3.49. The average molecular weight is 579 g/mol. The number of hydrogen-bond acceptors (Lipinski definition) is 5. The molecule has 0 fully saturated rings. The van der Waals surface area contributed by atoms with E-state index in [1.165, 1.54) is 12.1 Å². The zero-order valence-electron chi connectivity index (χ0n) is 22.3. The van der Waals surface area contributed by atoms with Gasteiger partial charge >= 0.3 is 0 Å². The first-order chi connectivity index (χ1) is 19.2. The Labute approximate surface area is 239 Å². The number of carbonyl (C=O) groups is 1. The summed E-state index contributed by atoms with van der Waals surface area (Å²) in [5.74, 6) is 0.591. The summed E-state index contributed by atoms with van der Waals surface area (Å²) in [6.45, 7) is 0.255. The third-order valence-electron chi connectivity index (χ3n) is 7.26. The summed E-state index contributed by atoms with van der Waals surface area (Å²) < 4.78 is 36.7. The molecule has 0 radical (unpaired) electrons. The summed E-state index contributed by atoms with van der Waals surface area (Å²) in [6.07, 6.45) is 4.60. The molecule has 0 bridgehead atoms. The van der Waals surface area contributed by atoms with Gasteiger partial charge in [0.2, 0.25) is 15.9 Å². The minimum Gasteiger partial charge on any atom is -0.376 e. The molecule has 1 amide bonds. The van der Waals surface area contributed by atoms with Crippen molar-refractivity contribution in [2.75, 3.05) is 12.0 Å². The van der Waals surface area contributed by atoms with E-state index in [0.29, 0.717) is 17.1 Å². The van der Waals surface area contributed by atoms with E-state index in [-0.39, 0.29) is 23.8 Å². The number of benzene rings is 3. The van der Waals surface area contributed by atoms with Crippen molar-refractivity contribution < 1.29 is 17.9 Å². The molecule has 1 heterocycles. The fraction of sp³-hybridized carbons (Fsp3) is 0.267. The molecular formula is C30H31ClN4O4S. The Bertz CT molecular complexity index is 1610. The molecule has 0 saturated heterocycles. The number of carbonyl (C=O) groups excluding carboxylic acids is 1. The lowest BCUT2D eigenvalue weighted by molar-refractivity contribution is -0.121. The van der Waals surface area contributed by atoms with Crippen LogP contribution in [0, 0.1) is 0 Å². The normalized spacial score (nSPS) is 15.5. The van der Waals surface area contributed by atoms with Gasteiger partial charge in [-0.25, -0.2) is 18.1 Å². The number of ether oxygens (including phenoxy) is 1. The van der Waals surface area contributed by atoms with Gasteiger partial charge in [0.05, 0.1) is 24.0 Å². The van der Waals surface area contributed by atoms with Crippen LogP contribution in [0.25, 0.3) is 0 Å². The highest BCUT2D eigenvalue weighted by atomic mass is 35.5. The van der Waals surface area contributed by atoms with E-state index in [1.807, 2.05) is 66.3 Å². The van der Waals surface area contributed by atoms with Crippen LogP contribution in [-0.2, 0) is 39.6 Å². The second-order valence-electron chi connectivity index (χ2n) is 9.83. The third-order valence-corrected chi connectivity index (χ3v) is 8.96. The maximum Gasteiger partial charge on any atom is 0.241 e. The Balaban J connectivity index is 1.45. The van der Waals surface area contributed by atoms with E-state index in [2.05, 4.69) is 9.71 Å². The first-order valence-corrected chi connectivity index (χ1v) is 14.9. The highest BCUT2D eigenvalue weighted by Crippen LogP contribution is 2.36. The maximum absolute atomic E-state index is 13.8. The van der Waals surface area contributed by atoms with Gasteiger partial charge in [0, 0.05) is 43.3 Å². The van der Waals surface area contributed by atoms with Crippen LogP contribution in [0.1, 0.15) is 47.5 Å². The number of aromatic nitrogens is 2. The van der Waals surface area contributed by atoms with Gasteiger partial charge in [-0.2, -0.15) is 0 Å². The SMILES string of the molecule is COC(CC(=O)N(Cc1nccn1C)c1ccc2c(c1)C(NS(=O)(=O)c1cccc(Cl)c1)CC2)c1ccccc1. The van der Waals surface area contributed by atoms with E-state index in [4.69, 9.17) is 16.3 Å². The Morgan fingerprint density at radius 2 is 1.95 bits per heavy atom. The number of anilines is 1. The summed E-state index contributed by atoms with van der Waals surface area (Å²) >= 11 is 6.04. The van der Waals surface area contributed by atoms with Crippen molar-refractivity contribution in [3.63, 3.8) is 0 Å². The first-order valence-electron chi connectivity index (χ1n) is 13.0. The Hall–Kier alpha value is -3.50. The number of imidazole rings is 1. The third kappa shape index (κ3) is 6.13. The predicted molar refractivity (Wildman–Crippen MR) is 154 cm³/mol. The van der Waals surface area contributed by atoms with E-state index in [9.17, 15) is 13.2 Å². The highest BCUT2D eigenvalue weighted by molar-refractivity contribution is 7.89. The number of nitrogens with zero attached hydrogens (tertiary/aromatic N) is 3. The Morgan fingerprint density at radius 3 is 2.65 bits per heavy atom. The molecule has 40 heavy (non-hydrogen) atoms. The molecule has 5 rings (SSSR count). The summed E-state index contributed by atoms with van der Waals surface area (Å²) in [6, 6.07) is 21.2. The van der Waals surface area contributed by atoms with Gasteiger partial charge < -0.3 is 14.2 Å². The van der Waals surface area contributed by atoms with Crippen LogP contribution in [-0.4, -0.2) is 31.0 Å². The number of halogens is 1. The zero-order chi connectivity index (χ0) is 28.3. The van der Waals surface area contributed by atoms with Crippen molar-refractivity contribution in [1.82, 2.24) is 14.3 Å². The lowest BCUT2D eigenvalue weighted by atomic mass is 10.0. The number of rotatable bonds is 10. The van der Waals surface area contributed by atoms with Crippen molar-refractivity contribution in [3.05, 3.63) is 113 Å². The first kappa shape index (κ1) is 28.0. The van der Waals surface area contributed by atoms with Crippen LogP contribution >= 0.6 is 11.6 Å². The number of nitrogens with one attached hydrogen (secondary N) is 1. The number of amides is 1. The number of hydrogen-bond donors (Lipinski definition) is 1. The minimum absolute atomic E-state index is 0.114. The van der Waals surface area contributed by atoms with Crippen molar-refractivity contribution in [2.45, 2.75) is 42.8 Å². The number of aryl methyl sites for hydroxylation is 2. The average Bonchev–Trinajstić information content (AvgIpc) is 3.55. The fourth-order valence-corrected chi connectivity index (χ4v) is 6.61. The van der Waals surface area contributed by atoms with Crippen LogP contribution in [0.2, 0.25) is 5.02 Å². The number of fused-ring (bicyclic) bond motifs is 1. The molecule has 0 aliphatic heterocycles. The lowest BCUT2D eigenvalue weighted by Gasteiger charge is -2.26. The molecule has 1 aliphatic carbocycles. The van der Waals surface area contributed by atoms with Gasteiger partial charge in [0.15, 0.2) is 0 Å². The second kappa shape index (κ2) is 11.9. The van der Waals surface area contributed by atoms with Gasteiger partial charge in [-0.05, 0) is 59.9 Å². The molecule has 3 aromatic carbocycles.